The molecule has 0 aliphatic rings. The van der Waals surface area contributed by atoms with Gasteiger partial charge in [0.1, 0.15) is 11.3 Å². The van der Waals surface area contributed by atoms with Gasteiger partial charge in [0.15, 0.2) is 5.58 Å². The maximum Gasteiger partial charge on any atom is 0.227 e. The van der Waals surface area contributed by atoms with E-state index in [0.29, 0.717) is 17.3 Å². The van der Waals surface area contributed by atoms with Gasteiger partial charge in [0, 0.05) is 5.56 Å². The fourth-order valence-electron chi connectivity index (χ4n) is 2.05. The summed E-state index contributed by atoms with van der Waals surface area (Å²) in [6.45, 7) is 2.01. The Labute approximate surface area is 110 Å². The number of aromatic nitrogens is 1. The van der Waals surface area contributed by atoms with E-state index in [4.69, 9.17) is 14.9 Å². The van der Waals surface area contributed by atoms with Gasteiger partial charge in [-0.1, -0.05) is 12.1 Å². The van der Waals surface area contributed by atoms with Crippen LogP contribution in [0.15, 0.2) is 40.8 Å². The van der Waals surface area contributed by atoms with Gasteiger partial charge in [-0.2, -0.15) is 0 Å². The Hall–Kier alpha value is -2.49. The number of methoxy groups -OCH3 is 1. The quantitative estimate of drug-likeness (QED) is 0.712. The summed E-state index contributed by atoms with van der Waals surface area (Å²) in [7, 11) is 1.59. The van der Waals surface area contributed by atoms with Gasteiger partial charge >= 0.3 is 0 Å². The fourth-order valence-corrected chi connectivity index (χ4v) is 2.05. The van der Waals surface area contributed by atoms with Crippen LogP contribution in [0.2, 0.25) is 0 Å². The first-order chi connectivity index (χ1) is 9.19. The Morgan fingerprint density at radius 2 is 2.05 bits per heavy atom. The first-order valence-corrected chi connectivity index (χ1v) is 5.99. The predicted molar refractivity (Wildman–Crippen MR) is 75.1 cm³/mol. The molecule has 1 heterocycles. The SMILES string of the molecule is COc1cc(-c2nc3c(C)cccc3o2)ccc1N. The number of benzene rings is 2. The zero-order chi connectivity index (χ0) is 13.4. The molecule has 0 aliphatic carbocycles. The highest BCUT2D eigenvalue weighted by atomic mass is 16.5. The Balaban J connectivity index is 2.16. The van der Waals surface area contributed by atoms with Crippen LogP contribution in [-0.2, 0) is 0 Å². The van der Waals surface area contributed by atoms with E-state index in [1.54, 1.807) is 13.2 Å². The molecule has 1 aromatic heterocycles. The minimum absolute atomic E-state index is 0.572. The van der Waals surface area contributed by atoms with E-state index >= 15 is 0 Å². The molecule has 0 radical (unpaired) electrons. The summed E-state index contributed by atoms with van der Waals surface area (Å²) in [5.41, 5.74) is 10.0. The van der Waals surface area contributed by atoms with Gasteiger partial charge in [0.2, 0.25) is 5.89 Å². The standard InChI is InChI=1S/C15H14N2O2/c1-9-4-3-5-12-14(9)17-15(19-12)10-6-7-11(16)13(8-10)18-2/h3-8H,16H2,1-2H3. The number of aryl methyl sites for hydroxylation is 1. The minimum Gasteiger partial charge on any atom is -0.495 e. The third-order valence-corrected chi connectivity index (χ3v) is 3.10. The van der Waals surface area contributed by atoms with Crippen molar-refractivity contribution in [3.63, 3.8) is 0 Å². The predicted octanol–water partition coefficient (Wildman–Crippen LogP) is 3.39. The third kappa shape index (κ3) is 1.91. The zero-order valence-electron chi connectivity index (χ0n) is 10.8. The minimum atomic E-state index is 0.572. The van der Waals surface area contributed by atoms with Crippen LogP contribution in [0.4, 0.5) is 5.69 Å². The van der Waals surface area contributed by atoms with Crippen molar-refractivity contribution in [3.05, 3.63) is 42.0 Å². The van der Waals surface area contributed by atoms with Crippen molar-refractivity contribution >= 4 is 16.8 Å². The third-order valence-electron chi connectivity index (χ3n) is 3.10. The number of nitrogens with two attached hydrogens (primary N) is 1. The maximum atomic E-state index is 5.80. The van der Waals surface area contributed by atoms with Crippen molar-refractivity contribution in [3.8, 4) is 17.2 Å². The van der Waals surface area contributed by atoms with Gasteiger partial charge < -0.3 is 14.9 Å². The summed E-state index contributed by atoms with van der Waals surface area (Å²) >= 11 is 0. The molecule has 4 heteroatoms. The smallest absolute Gasteiger partial charge is 0.227 e. The maximum absolute atomic E-state index is 5.80. The van der Waals surface area contributed by atoms with Crippen LogP contribution < -0.4 is 10.5 Å². The molecule has 3 rings (SSSR count). The highest BCUT2D eigenvalue weighted by Gasteiger charge is 2.11. The van der Waals surface area contributed by atoms with Crippen molar-refractivity contribution in [1.82, 2.24) is 4.98 Å². The lowest BCUT2D eigenvalue weighted by molar-refractivity contribution is 0.417. The van der Waals surface area contributed by atoms with Crippen molar-refractivity contribution < 1.29 is 9.15 Å². The highest BCUT2D eigenvalue weighted by molar-refractivity contribution is 5.79. The Morgan fingerprint density at radius 3 is 2.79 bits per heavy atom. The van der Waals surface area contributed by atoms with E-state index in [0.717, 1.165) is 22.2 Å². The van der Waals surface area contributed by atoms with E-state index in [2.05, 4.69) is 4.98 Å². The lowest BCUT2D eigenvalue weighted by Gasteiger charge is -2.04. The molecule has 0 unspecified atom stereocenters. The summed E-state index contributed by atoms with van der Waals surface area (Å²) in [6, 6.07) is 11.4. The number of rotatable bonds is 2. The number of oxazole rings is 1. The van der Waals surface area contributed by atoms with Gasteiger partial charge in [-0.05, 0) is 36.8 Å². The molecule has 0 saturated heterocycles. The Morgan fingerprint density at radius 1 is 1.21 bits per heavy atom. The normalized spacial score (nSPS) is 10.8. The summed E-state index contributed by atoms with van der Waals surface area (Å²) in [5.74, 6) is 1.19. The topological polar surface area (TPSA) is 61.3 Å². The molecular formula is C15H14N2O2. The van der Waals surface area contributed by atoms with Gasteiger partial charge in [0.25, 0.3) is 0 Å². The molecule has 0 atom stereocenters. The van der Waals surface area contributed by atoms with Gasteiger partial charge in [-0.25, -0.2) is 4.98 Å². The fraction of sp³-hybridized carbons (Fsp3) is 0.133. The van der Waals surface area contributed by atoms with Crippen molar-refractivity contribution in [2.45, 2.75) is 6.92 Å². The Kier molecular flexibility index (Phi) is 2.63. The molecule has 0 fully saturated rings. The van der Waals surface area contributed by atoms with Crippen molar-refractivity contribution in [2.24, 2.45) is 0 Å². The molecule has 96 valence electrons. The number of nitrogen functional groups attached to an aromatic ring is 1. The average Bonchev–Trinajstić information content (AvgIpc) is 2.85. The van der Waals surface area contributed by atoms with E-state index < -0.39 is 0 Å². The molecule has 0 aliphatic heterocycles. The van der Waals surface area contributed by atoms with E-state index in [-0.39, 0.29) is 0 Å². The van der Waals surface area contributed by atoms with Crippen LogP contribution in [-0.4, -0.2) is 12.1 Å². The molecule has 19 heavy (non-hydrogen) atoms. The number of para-hydroxylation sites is 1. The van der Waals surface area contributed by atoms with Crippen LogP contribution in [0, 0.1) is 6.92 Å². The van der Waals surface area contributed by atoms with E-state index in [1.165, 1.54) is 0 Å². The summed E-state index contributed by atoms with van der Waals surface area (Å²) in [5, 5.41) is 0. The summed E-state index contributed by atoms with van der Waals surface area (Å²) < 4.78 is 11.0. The van der Waals surface area contributed by atoms with Crippen LogP contribution in [0.5, 0.6) is 5.75 Å². The first kappa shape index (κ1) is 11.6. The molecule has 4 nitrogen and oxygen atoms in total. The molecule has 0 saturated carbocycles. The summed E-state index contributed by atoms with van der Waals surface area (Å²) in [6.07, 6.45) is 0. The van der Waals surface area contributed by atoms with Crippen LogP contribution >= 0.6 is 0 Å². The zero-order valence-corrected chi connectivity index (χ0v) is 10.8. The number of anilines is 1. The lowest BCUT2D eigenvalue weighted by atomic mass is 10.2. The number of nitrogens with zero attached hydrogens (tertiary/aromatic N) is 1. The molecule has 0 bridgehead atoms. The van der Waals surface area contributed by atoms with E-state index in [9.17, 15) is 0 Å². The first-order valence-electron chi connectivity index (χ1n) is 5.99. The molecule has 2 N–H and O–H groups in total. The molecular weight excluding hydrogens is 240 g/mol. The van der Waals surface area contributed by atoms with Gasteiger partial charge in [0.05, 0.1) is 12.8 Å². The molecule has 0 amide bonds. The van der Waals surface area contributed by atoms with Crippen molar-refractivity contribution in [2.75, 3.05) is 12.8 Å². The van der Waals surface area contributed by atoms with Gasteiger partial charge in [-0.3, -0.25) is 0 Å². The number of ether oxygens (including phenoxy) is 1. The van der Waals surface area contributed by atoms with Crippen LogP contribution in [0.1, 0.15) is 5.56 Å². The van der Waals surface area contributed by atoms with Crippen LogP contribution in [0.25, 0.3) is 22.6 Å². The second kappa shape index (κ2) is 4.31. The largest absolute Gasteiger partial charge is 0.495 e. The molecule has 3 aromatic rings. The van der Waals surface area contributed by atoms with E-state index in [1.807, 2.05) is 37.3 Å². The average molecular weight is 254 g/mol. The number of hydrogen-bond acceptors (Lipinski definition) is 4. The number of fused-ring (bicyclic) bond motifs is 1. The van der Waals surface area contributed by atoms with Gasteiger partial charge in [-0.15, -0.1) is 0 Å². The van der Waals surface area contributed by atoms with Crippen molar-refractivity contribution in [1.29, 1.82) is 0 Å². The second-order valence-electron chi connectivity index (χ2n) is 4.40. The highest BCUT2D eigenvalue weighted by Crippen LogP contribution is 2.30. The Bertz CT molecular complexity index is 747. The second-order valence-corrected chi connectivity index (χ2v) is 4.40. The summed E-state index contributed by atoms with van der Waals surface area (Å²) in [4.78, 5) is 4.52. The van der Waals surface area contributed by atoms with Crippen LogP contribution in [0.3, 0.4) is 0 Å². The lowest BCUT2D eigenvalue weighted by Crippen LogP contribution is -1.92. The number of hydrogen-bond donors (Lipinski definition) is 1. The molecule has 0 spiro atoms. The monoisotopic (exact) mass is 254 g/mol. The molecule has 2 aromatic carbocycles.